The first-order valence-corrected chi connectivity index (χ1v) is 7.69. The number of nitrogens with one attached hydrogen (secondary N) is 2. The van der Waals surface area contributed by atoms with Crippen LogP contribution in [0.2, 0.25) is 5.02 Å². The van der Waals surface area contributed by atoms with Gasteiger partial charge in [0, 0.05) is 23.7 Å². The average Bonchev–Trinajstić information content (AvgIpc) is 2.41. The maximum absolute atomic E-state index is 12.0. The smallest absolute Gasteiger partial charge is 0.260 e. The van der Waals surface area contributed by atoms with Gasteiger partial charge in [0.05, 0.1) is 0 Å². The molecule has 0 fully saturated rings. The van der Waals surface area contributed by atoms with Gasteiger partial charge in [-0.05, 0) is 44.5 Å². The molecular formula is C16H25ClN2O2. The van der Waals surface area contributed by atoms with E-state index in [4.69, 9.17) is 16.3 Å². The Morgan fingerprint density at radius 3 is 2.67 bits per heavy atom. The van der Waals surface area contributed by atoms with E-state index >= 15 is 0 Å². The van der Waals surface area contributed by atoms with Gasteiger partial charge in [-0.15, -0.1) is 0 Å². The standard InChI is InChI=1S/C16H25ClN2O2/c1-11(2)7-8-19-16(20)12(3)21-15-6-5-14(17)9-13(15)10-18-4/h5-6,9,11-12,18H,7-8,10H2,1-4H3,(H,19,20). The number of rotatable bonds is 8. The van der Waals surface area contributed by atoms with Gasteiger partial charge in [-0.2, -0.15) is 0 Å². The van der Waals surface area contributed by atoms with Crippen molar-refractivity contribution in [2.75, 3.05) is 13.6 Å². The summed E-state index contributed by atoms with van der Waals surface area (Å²) in [7, 11) is 1.85. The minimum absolute atomic E-state index is 0.0963. The van der Waals surface area contributed by atoms with Gasteiger partial charge >= 0.3 is 0 Å². The third-order valence-corrected chi connectivity index (χ3v) is 3.32. The van der Waals surface area contributed by atoms with E-state index in [0.29, 0.717) is 29.8 Å². The molecule has 1 unspecified atom stereocenters. The first-order chi connectivity index (χ1) is 9.93. The fourth-order valence-electron chi connectivity index (χ4n) is 1.86. The van der Waals surface area contributed by atoms with E-state index < -0.39 is 6.10 Å². The van der Waals surface area contributed by atoms with Gasteiger partial charge in [-0.3, -0.25) is 4.79 Å². The summed E-state index contributed by atoms with van der Waals surface area (Å²) in [5, 5.41) is 6.61. The lowest BCUT2D eigenvalue weighted by atomic mass is 10.1. The van der Waals surface area contributed by atoms with Crippen LogP contribution in [-0.2, 0) is 11.3 Å². The third kappa shape index (κ3) is 6.36. The Balaban J connectivity index is 2.61. The molecule has 0 aromatic heterocycles. The van der Waals surface area contributed by atoms with Crippen molar-refractivity contribution in [1.29, 1.82) is 0 Å². The number of benzene rings is 1. The summed E-state index contributed by atoms with van der Waals surface area (Å²) in [5.41, 5.74) is 0.937. The highest BCUT2D eigenvalue weighted by atomic mass is 35.5. The molecule has 118 valence electrons. The Morgan fingerprint density at radius 2 is 2.05 bits per heavy atom. The number of hydrogen-bond donors (Lipinski definition) is 2. The Hall–Kier alpha value is -1.26. The molecule has 0 radical (unpaired) electrons. The van der Waals surface area contributed by atoms with Crippen LogP contribution in [0, 0.1) is 5.92 Å². The van der Waals surface area contributed by atoms with E-state index in [-0.39, 0.29) is 5.91 Å². The SMILES string of the molecule is CNCc1cc(Cl)ccc1OC(C)C(=O)NCCC(C)C. The molecule has 0 saturated carbocycles. The van der Waals surface area contributed by atoms with Gasteiger partial charge in [0.25, 0.3) is 5.91 Å². The fraction of sp³-hybridized carbons (Fsp3) is 0.562. The van der Waals surface area contributed by atoms with Crippen LogP contribution in [0.25, 0.3) is 0 Å². The Kier molecular flexibility index (Phi) is 7.54. The van der Waals surface area contributed by atoms with Gasteiger partial charge < -0.3 is 15.4 Å². The highest BCUT2D eigenvalue weighted by molar-refractivity contribution is 6.30. The van der Waals surface area contributed by atoms with Crippen LogP contribution in [0.5, 0.6) is 5.75 Å². The lowest BCUT2D eigenvalue weighted by Crippen LogP contribution is -2.37. The van der Waals surface area contributed by atoms with Crippen LogP contribution >= 0.6 is 11.6 Å². The van der Waals surface area contributed by atoms with E-state index in [1.165, 1.54) is 0 Å². The average molecular weight is 313 g/mol. The summed E-state index contributed by atoms with van der Waals surface area (Å²) in [6, 6.07) is 5.41. The number of ether oxygens (including phenoxy) is 1. The predicted molar refractivity (Wildman–Crippen MR) is 86.8 cm³/mol. The van der Waals surface area contributed by atoms with Crippen molar-refractivity contribution >= 4 is 17.5 Å². The summed E-state index contributed by atoms with van der Waals surface area (Å²) in [5.74, 6) is 1.15. The molecule has 0 spiro atoms. The molecule has 1 aromatic rings. The maximum Gasteiger partial charge on any atom is 0.260 e. The van der Waals surface area contributed by atoms with Crippen molar-refractivity contribution in [3.8, 4) is 5.75 Å². The van der Waals surface area contributed by atoms with Crippen LogP contribution < -0.4 is 15.4 Å². The summed E-state index contributed by atoms with van der Waals surface area (Å²) < 4.78 is 5.76. The number of hydrogen-bond acceptors (Lipinski definition) is 3. The molecule has 0 bridgehead atoms. The lowest BCUT2D eigenvalue weighted by Gasteiger charge is -2.18. The topological polar surface area (TPSA) is 50.4 Å². The molecule has 5 heteroatoms. The van der Waals surface area contributed by atoms with E-state index in [1.807, 2.05) is 13.1 Å². The van der Waals surface area contributed by atoms with Crippen molar-refractivity contribution in [2.45, 2.75) is 39.8 Å². The molecule has 0 heterocycles. The largest absolute Gasteiger partial charge is 0.481 e. The molecule has 1 aromatic carbocycles. The third-order valence-electron chi connectivity index (χ3n) is 3.08. The second kappa shape index (κ2) is 8.90. The molecule has 1 rings (SSSR count). The second-order valence-electron chi connectivity index (χ2n) is 5.52. The minimum Gasteiger partial charge on any atom is -0.481 e. The van der Waals surface area contributed by atoms with Crippen molar-refractivity contribution in [3.05, 3.63) is 28.8 Å². The number of carbonyl (C=O) groups is 1. The molecule has 0 saturated heterocycles. The Labute approximate surface area is 132 Å². The first kappa shape index (κ1) is 17.8. The van der Waals surface area contributed by atoms with Crippen LogP contribution in [0.1, 0.15) is 32.8 Å². The van der Waals surface area contributed by atoms with Crippen molar-refractivity contribution < 1.29 is 9.53 Å². The van der Waals surface area contributed by atoms with Gasteiger partial charge in [0.2, 0.25) is 0 Å². The van der Waals surface area contributed by atoms with Crippen LogP contribution in [0.15, 0.2) is 18.2 Å². The number of halogens is 1. The zero-order valence-electron chi connectivity index (χ0n) is 13.2. The molecule has 0 aliphatic carbocycles. The quantitative estimate of drug-likeness (QED) is 0.776. The van der Waals surface area contributed by atoms with Gasteiger partial charge in [-0.1, -0.05) is 25.4 Å². The molecule has 4 nitrogen and oxygen atoms in total. The van der Waals surface area contributed by atoms with E-state index in [9.17, 15) is 4.79 Å². The predicted octanol–water partition coefficient (Wildman–Crippen LogP) is 2.99. The summed E-state index contributed by atoms with van der Waals surface area (Å²) in [4.78, 5) is 12.0. The second-order valence-corrected chi connectivity index (χ2v) is 5.95. The number of carbonyl (C=O) groups excluding carboxylic acids is 1. The fourth-order valence-corrected chi connectivity index (χ4v) is 2.06. The summed E-state index contributed by atoms with van der Waals surface area (Å²) in [6.07, 6.45) is 0.429. The molecular weight excluding hydrogens is 288 g/mol. The van der Waals surface area contributed by atoms with Crippen molar-refractivity contribution in [1.82, 2.24) is 10.6 Å². The van der Waals surface area contributed by atoms with Crippen LogP contribution in [0.4, 0.5) is 0 Å². The normalized spacial score (nSPS) is 12.3. The van der Waals surface area contributed by atoms with Gasteiger partial charge in [0.15, 0.2) is 6.10 Å². The Morgan fingerprint density at radius 1 is 1.33 bits per heavy atom. The van der Waals surface area contributed by atoms with E-state index in [2.05, 4.69) is 24.5 Å². The summed E-state index contributed by atoms with van der Waals surface area (Å²) in [6.45, 7) is 7.32. The Bertz CT molecular complexity index is 464. The number of amides is 1. The zero-order valence-corrected chi connectivity index (χ0v) is 14.0. The zero-order chi connectivity index (χ0) is 15.8. The molecule has 2 N–H and O–H groups in total. The molecule has 0 aliphatic heterocycles. The first-order valence-electron chi connectivity index (χ1n) is 7.31. The van der Waals surface area contributed by atoms with E-state index in [1.54, 1.807) is 19.1 Å². The minimum atomic E-state index is -0.533. The molecule has 21 heavy (non-hydrogen) atoms. The highest BCUT2D eigenvalue weighted by Crippen LogP contribution is 2.23. The molecule has 1 amide bonds. The van der Waals surface area contributed by atoms with Crippen LogP contribution in [0.3, 0.4) is 0 Å². The van der Waals surface area contributed by atoms with E-state index in [0.717, 1.165) is 12.0 Å². The van der Waals surface area contributed by atoms with Gasteiger partial charge in [0.1, 0.15) is 5.75 Å². The maximum atomic E-state index is 12.0. The lowest BCUT2D eigenvalue weighted by molar-refractivity contribution is -0.127. The van der Waals surface area contributed by atoms with Crippen molar-refractivity contribution in [2.24, 2.45) is 5.92 Å². The van der Waals surface area contributed by atoms with Crippen LogP contribution in [-0.4, -0.2) is 25.6 Å². The summed E-state index contributed by atoms with van der Waals surface area (Å²) >= 11 is 5.99. The monoisotopic (exact) mass is 312 g/mol. The van der Waals surface area contributed by atoms with Gasteiger partial charge in [-0.25, -0.2) is 0 Å². The molecule has 0 aliphatic rings. The molecule has 1 atom stereocenters. The van der Waals surface area contributed by atoms with Crippen molar-refractivity contribution in [3.63, 3.8) is 0 Å². The highest BCUT2D eigenvalue weighted by Gasteiger charge is 2.16.